The fraction of sp³-hybridized carbons (Fsp3) is 0.778. The third-order valence-electron chi connectivity index (χ3n) is 2.20. The fourth-order valence-corrected chi connectivity index (χ4v) is 2.37. The molecular formula is C9H18O2Si. The second kappa shape index (κ2) is 4.21. The van der Waals surface area contributed by atoms with Crippen LogP contribution < -0.4 is 0 Å². The van der Waals surface area contributed by atoms with Crippen molar-refractivity contribution in [1.29, 1.82) is 0 Å². The predicted octanol–water partition coefficient (Wildman–Crippen LogP) is 0.797. The lowest BCUT2D eigenvalue weighted by Gasteiger charge is -2.35. The van der Waals surface area contributed by atoms with E-state index in [1.165, 1.54) is 12.8 Å². The van der Waals surface area contributed by atoms with Crippen LogP contribution in [0.3, 0.4) is 0 Å². The molecule has 12 heavy (non-hydrogen) atoms. The molecule has 1 rings (SSSR count). The predicted molar refractivity (Wildman–Crippen MR) is 53.2 cm³/mol. The van der Waals surface area contributed by atoms with E-state index < -0.39 is 0 Å². The summed E-state index contributed by atoms with van der Waals surface area (Å²) in [6, 6.07) is 0. The van der Waals surface area contributed by atoms with Crippen molar-refractivity contribution in [3.05, 3.63) is 12.7 Å². The monoisotopic (exact) mass is 186 g/mol. The fourth-order valence-electron chi connectivity index (χ4n) is 1.44. The van der Waals surface area contributed by atoms with Crippen LogP contribution in [0.1, 0.15) is 26.2 Å². The van der Waals surface area contributed by atoms with Gasteiger partial charge in [0.05, 0.1) is 16.3 Å². The van der Waals surface area contributed by atoms with E-state index in [9.17, 15) is 0 Å². The van der Waals surface area contributed by atoms with Crippen LogP contribution in [0.25, 0.3) is 0 Å². The first kappa shape index (κ1) is 9.96. The summed E-state index contributed by atoms with van der Waals surface area (Å²) in [5.41, 5.74) is -0.230. The SMILES string of the molecule is C=CC(C)OC1([SiH3])CCCCO1. The van der Waals surface area contributed by atoms with Crippen molar-refractivity contribution in [2.24, 2.45) is 0 Å². The Labute approximate surface area is 77.4 Å². The maximum Gasteiger partial charge on any atom is 0.142 e. The third kappa shape index (κ3) is 2.73. The zero-order chi connectivity index (χ0) is 9.03. The largest absolute Gasteiger partial charge is 0.355 e. The zero-order valence-electron chi connectivity index (χ0n) is 8.01. The van der Waals surface area contributed by atoms with Crippen molar-refractivity contribution in [3.63, 3.8) is 0 Å². The molecule has 0 aliphatic carbocycles. The van der Waals surface area contributed by atoms with Gasteiger partial charge in [-0.05, 0) is 26.2 Å². The smallest absolute Gasteiger partial charge is 0.142 e. The molecule has 2 unspecified atom stereocenters. The molecule has 0 spiro atoms. The quantitative estimate of drug-likeness (QED) is 0.479. The summed E-state index contributed by atoms with van der Waals surface area (Å²) in [4.78, 5) is 0. The number of hydrogen-bond acceptors (Lipinski definition) is 2. The summed E-state index contributed by atoms with van der Waals surface area (Å²) in [7, 11) is 0.940. The van der Waals surface area contributed by atoms with E-state index >= 15 is 0 Å². The minimum Gasteiger partial charge on any atom is -0.355 e. The molecule has 1 aliphatic rings. The van der Waals surface area contributed by atoms with Crippen molar-refractivity contribution in [3.8, 4) is 0 Å². The molecule has 0 bridgehead atoms. The number of hydrogen-bond donors (Lipinski definition) is 0. The highest BCUT2D eigenvalue weighted by atomic mass is 28.1. The molecule has 2 nitrogen and oxygen atoms in total. The van der Waals surface area contributed by atoms with Crippen LogP contribution in [0.2, 0.25) is 0 Å². The Morgan fingerprint density at radius 3 is 2.92 bits per heavy atom. The molecule has 3 heteroatoms. The second-order valence-corrected chi connectivity index (χ2v) is 5.02. The summed E-state index contributed by atoms with van der Waals surface area (Å²) in [5.74, 6) is 0. The molecule has 1 heterocycles. The first-order chi connectivity index (χ1) is 5.66. The van der Waals surface area contributed by atoms with Gasteiger partial charge in [0.1, 0.15) is 5.41 Å². The van der Waals surface area contributed by atoms with Gasteiger partial charge < -0.3 is 9.47 Å². The van der Waals surface area contributed by atoms with Gasteiger partial charge in [0.25, 0.3) is 0 Å². The molecular weight excluding hydrogens is 168 g/mol. The standard InChI is InChI=1S/C9H18O2Si/c1-3-8(2)11-9(12)6-4-5-7-10-9/h3,8H,1,4-7H2,2,12H3. The Morgan fingerprint density at radius 2 is 2.42 bits per heavy atom. The van der Waals surface area contributed by atoms with Gasteiger partial charge in [-0.2, -0.15) is 0 Å². The van der Waals surface area contributed by atoms with Gasteiger partial charge in [0, 0.05) is 6.61 Å². The number of ether oxygens (including phenoxy) is 2. The van der Waals surface area contributed by atoms with Crippen molar-refractivity contribution in [1.82, 2.24) is 0 Å². The van der Waals surface area contributed by atoms with E-state index in [2.05, 4.69) is 6.58 Å². The summed E-state index contributed by atoms with van der Waals surface area (Å²) >= 11 is 0. The first-order valence-corrected chi connectivity index (χ1v) is 5.61. The van der Waals surface area contributed by atoms with Crippen LogP contribution in [0.5, 0.6) is 0 Å². The van der Waals surface area contributed by atoms with Gasteiger partial charge in [-0.1, -0.05) is 6.08 Å². The highest BCUT2D eigenvalue weighted by Crippen LogP contribution is 2.24. The van der Waals surface area contributed by atoms with E-state index in [-0.39, 0.29) is 11.5 Å². The summed E-state index contributed by atoms with van der Waals surface area (Å²) < 4.78 is 11.4. The van der Waals surface area contributed by atoms with Crippen LogP contribution in [0.15, 0.2) is 12.7 Å². The van der Waals surface area contributed by atoms with E-state index in [4.69, 9.17) is 9.47 Å². The highest BCUT2D eigenvalue weighted by molar-refractivity contribution is 6.13. The molecule has 0 radical (unpaired) electrons. The molecule has 0 aromatic rings. The summed E-state index contributed by atoms with van der Waals surface area (Å²) in [6.45, 7) is 6.55. The van der Waals surface area contributed by atoms with Gasteiger partial charge in [-0.15, -0.1) is 6.58 Å². The minimum atomic E-state index is -0.230. The lowest BCUT2D eigenvalue weighted by molar-refractivity contribution is -0.209. The van der Waals surface area contributed by atoms with Crippen molar-refractivity contribution in [2.45, 2.75) is 37.7 Å². The Kier molecular flexibility index (Phi) is 3.49. The third-order valence-corrected chi connectivity index (χ3v) is 3.22. The highest BCUT2D eigenvalue weighted by Gasteiger charge is 2.29. The Balaban J connectivity index is 2.40. The van der Waals surface area contributed by atoms with Crippen LogP contribution in [-0.2, 0) is 9.47 Å². The summed E-state index contributed by atoms with van der Waals surface area (Å²) in [5, 5.41) is 0. The number of rotatable bonds is 3. The van der Waals surface area contributed by atoms with Crippen molar-refractivity contribution >= 4 is 10.2 Å². The van der Waals surface area contributed by atoms with Crippen LogP contribution in [-0.4, -0.2) is 28.4 Å². The molecule has 0 aromatic heterocycles. The molecule has 70 valence electrons. The Bertz CT molecular complexity index is 153. The summed E-state index contributed by atoms with van der Waals surface area (Å²) in [6.07, 6.45) is 5.39. The lowest BCUT2D eigenvalue weighted by atomic mass is 10.2. The Hall–Kier alpha value is -0.123. The van der Waals surface area contributed by atoms with E-state index in [1.807, 2.05) is 13.0 Å². The van der Waals surface area contributed by atoms with E-state index in [0.29, 0.717) is 0 Å². The molecule has 1 fully saturated rings. The molecule has 0 N–H and O–H groups in total. The van der Waals surface area contributed by atoms with Crippen molar-refractivity contribution < 1.29 is 9.47 Å². The zero-order valence-corrected chi connectivity index (χ0v) is 10.0. The van der Waals surface area contributed by atoms with Crippen molar-refractivity contribution in [2.75, 3.05) is 6.61 Å². The van der Waals surface area contributed by atoms with E-state index in [1.54, 1.807) is 0 Å². The maximum absolute atomic E-state index is 5.75. The first-order valence-electron chi connectivity index (χ1n) is 4.61. The van der Waals surface area contributed by atoms with Crippen LogP contribution in [0, 0.1) is 0 Å². The van der Waals surface area contributed by atoms with Gasteiger partial charge in [0.15, 0.2) is 0 Å². The molecule has 0 aromatic carbocycles. The van der Waals surface area contributed by atoms with Crippen LogP contribution >= 0.6 is 0 Å². The molecule has 2 atom stereocenters. The molecule has 1 saturated heterocycles. The average Bonchev–Trinajstić information content (AvgIpc) is 2.05. The topological polar surface area (TPSA) is 18.5 Å². The Morgan fingerprint density at radius 1 is 1.67 bits per heavy atom. The van der Waals surface area contributed by atoms with Crippen LogP contribution in [0.4, 0.5) is 0 Å². The van der Waals surface area contributed by atoms with Gasteiger partial charge in [-0.25, -0.2) is 0 Å². The van der Waals surface area contributed by atoms with Gasteiger partial charge in [0.2, 0.25) is 0 Å². The minimum absolute atomic E-state index is 0.112. The van der Waals surface area contributed by atoms with E-state index in [0.717, 1.165) is 23.3 Å². The average molecular weight is 186 g/mol. The molecule has 0 amide bonds. The second-order valence-electron chi connectivity index (χ2n) is 3.50. The van der Waals surface area contributed by atoms with Gasteiger partial charge in [-0.3, -0.25) is 0 Å². The lowest BCUT2D eigenvalue weighted by Crippen LogP contribution is -2.41. The normalized spacial score (nSPS) is 33.1. The molecule has 0 saturated carbocycles. The maximum atomic E-state index is 5.75. The van der Waals surface area contributed by atoms with Gasteiger partial charge >= 0.3 is 0 Å². The molecule has 1 aliphatic heterocycles.